The average Bonchev–Trinajstić information content (AvgIpc) is 2.87. The van der Waals surface area contributed by atoms with Crippen LogP contribution in [-0.4, -0.2) is 11.0 Å². The summed E-state index contributed by atoms with van der Waals surface area (Å²) in [6.45, 7) is 2.21. The van der Waals surface area contributed by atoms with E-state index in [-0.39, 0.29) is 6.03 Å². The van der Waals surface area contributed by atoms with Gasteiger partial charge in [0.05, 0.1) is 0 Å². The fraction of sp³-hybridized carbons (Fsp3) is 0.125. The largest absolute Gasteiger partial charge is 0.441 e. The second-order valence-corrected chi connectivity index (χ2v) is 5.29. The molecule has 6 heteroatoms. The van der Waals surface area contributed by atoms with Gasteiger partial charge in [0.1, 0.15) is 5.52 Å². The predicted molar refractivity (Wildman–Crippen MR) is 86.1 cm³/mol. The Kier molecular flexibility index (Phi) is 3.98. The van der Waals surface area contributed by atoms with E-state index in [2.05, 4.69) is 15.6 Å². The van der Waals surface area contributed by atoms with Crippen LogP contribution in [0, 0.1) is 6.92 Å². The van der Waals surface area contributed by atoms with Gasteiger partial charge in [0.2, 0.25) is 0 Å². The van der Waals surface area contributed by atoms with Crippen molar-refractivity contribution >= 4 is 34.4 Å². The Hall–Kier alpha value is -2.53. The van der Waals surface area contributed by atoms with Crippen LogP contribution in [0.5, 0.6) is 0 Å². The van der Waals surface area contributed by atoms with E-state index in [1.165, 1.54) is 0 Å². The van der Waals surface area contributed by atoms with Gasteiger partial charge in [0.25, 0.3) is 0 Å². The zero-order chi connectivity index (χ0) is 15.5. The van der Waals surface area contributed by atoms with Crippen LogP contribution in [-0.2, 0) is 6.54 Å². The number of aromatic nitrogens is 1. The molecule has 1 aromatic heterocycles. The molecule has 0 saturated heterocycles. The van der Waals surface area contributed by atoms with Crippen molar-refractivity contribution in [3.8, 4) is 0 Å². The number of amides is 2. The zero-order valence-electron chi connectivity index (χ0n) is 11.9. The van der Waals surface area contributed by atoms with Crippen molar-refractivity contribution in [3.05, 3.63) is 58.9 Å². The number of rotatable bonds is 3. The van der Waals surface area contributed by atoms with Gasteiger partial charge in [-0.05, 0) is 42.0 Å². The number of carbonyl (C=O) groups excluding carboxylic acids is 1. The maximum atomic E-state index is 11.8. The molecule has 0 spiro atoms. The van der Waals surface area contributed by atoms with Gasteiger partial charge in [0, 0.05) is 24.2 Å². The Labute approximate surface area is 132 Å². The van der Waals surface area contributed by atoms with E-state index in [0.29, 0.717) is 23.1 Å². The number of hydrogen-bond donors (Lipinski definition) is 2. The summed E-state index contributed by atoms with van der Waals surface area (Å²) in [5.41, 5.74) is 3.17. The molecule has 3 rings (SSSR count). The molecule has 22 heavy (non-hydrogen) atoms. The minimum Gasteiger partial charge on any atom is -0.441 e. The Morgan fingerprint density at radius 3 is 2.77 bits per heavy atom. The van der Waals surface area contributed by atoms with Crippen molar-refractivity contribution in [1.29, 1.82) is 0 Å². The number of halogens is 1. The average molecular weight is 316 g/mol. The summed E-state index contributed by atoms with van der Waals surface area (Å²) >= 11 is 5.80. The van der Waals surface area contributed by atoms with Gasteiger partial charge in [0.15, 0.2) is 11.5 Å². The molecular weight excluding hydrogens is 302 g/mol. The van der Waals surface area contributed by atoms with Gasteiger partial charge in [-0.2, -0.15) is 0 Å². The second kappa shape index (κ2) is 6.07. The van der Waals surface area contributed by atoms with E-state index in [0.717, 1.165) is 16.7 Å². The van der Waals surface area contributed by atoms with E-state index < -0.39 is 0 Å². The lowest BCUT2D eigenvalue weighted by atomic mass is 10.2. The molecule has 0 radical (unpaired) electrons. The molecule has 112 valence electrons. The lowest BCUT2D eigenvalue weighted by Crippen LogP contribution is -2.28. The molecule has 0 saturated carbocycles. The summed E-state index contributed by atoms with van der Waals surface area (Å²) in [6.07, 6.45) is 0. The third-order valence-electron chi connectivity index (χ3n) is 3.11. The van der Waals surface area contributed by atoms with Gasteiger partial charge in [-0.3, -0.25) is 0 Å². The molecule has 0 aliphatic heterocycles. The first-order valence-electron chi connectivity index (χ1n) is 6.77. The molecule has 0 fully saturated rings. The number of carbonyl (C=O) groups is 1. The molecule has 3 aromatic rings. The van der Waals surface area contributed by atoms with Crippen LogP contribution in [0.3, 0.4) is 0 Å². The SMILES string of the molecule is Cc1nc2cc(CNC(=O)Nc3ccc(Cl)cc3)ccc2o1. The summed E-state index contributed by atoms with van der Waals surface area (Å²) < 4.78 is 5.42. The lowest BCUT2D eigenvalue weighted by molar-refractivity contribution is 0.251. The highest BCUT2D eigenvalue weighted by Crippen LogP contribution is 2.17. The fourth-order valence-corrected chi connectivity index (χ4v) is 2.22. The van der Waals surface area contributed by atoms with Gasteiger partial charge >= 0.3 is 6.03 Å². The number of nitrogens with one attached hydrogen (secondary N) is 2. The number of hydrogen-bond acceptors (Lipinski definition) is 3. The van der Waals surface area contributed by atoms with Crippen molar-refractivity contribution in [3.63, 3.8) is 0 Å². The first-order valence-corrected chi connectivity index (χ1v) is 7.14. The highest BCUT2D eigenvalue weighted by atomic mass is 35.5. The van der Waals surface area contributed by atoms with Crippen molar-refractivity contribution in [2.45, 2.75) is 13.5 Å². The molecule has 2 N–H and O–H groups in total. The molecule has 5 nitrogen and oxygen atoms in total. The van der Waals surface area contributed by atoms with Crippen LogP contribution in [0.2, 0.25) is 5.02 Å². The van der Waals surface area contributed by atoms with Gasteiger partial charge in [-0.15, -0.1) is 0 Å². The van der Waals surface area contributed by atoms with E-state index in [1.54, 1.807) is 31.2 Å². The lowest BCUT2D eigenvalue weighted by Gasteiger charge is -2.07. The molecule has 0 unspecified atom stereocenters. The van der Waals surface area contributed by atoms with Crippen molar-refractivity contribution in [2.24, 2.45) is 0 Å². The normalized spacial score (nSPS) is 10.6. The van der Waals surface area contributed by atoms with Gasteiger partial charge < -0.3 is 15.1 Å². The quantitative estimate of drug-likeness (QED) is 0.764. The third kappa shape index (κ3) is 3.38. The molecule has 0 bridgehead atoms. The number of fused-ring (bicyclic) bond motifs is 1. The van der Waals surface area contributed by atoms with Crippen LogP contribution in [0.1, 0.15) is 11.5 Å². The standard InChI is InChI=1S/C16H14ClN3O2/c1-10-19-14-8-11(2-7-15(14)22-10)9-18-16(21)20-13-5-3-12(17)4-6-13/h2-8H,9H2,1H3,(H2,18,20,21). The van der Waals surface area contributed by atoms with Crippen molar-refractivity contribution in [1.82, 2.24) is 10.3 Å². The van der Waals surface area contributed by atoms with Gasteiger partial charge in [-0.25, -0.2) is 9.78 Å². The van der Waals surface area contributed by atoms with Crippen molar-refractivity contribution < 1.29 is 9.21 Å². The molecule has 1 heterocycles. The Morgan fingerprint density at radius 1 is 1.23 bits per heavy atom. The first-order chi connectivity index (χ1) is 10.6. The molecular formula is C16H14ClN3O2. The molecule has 0 atom stereocenters. The summed E-state index contributed by atoms with van der Waals surface area (Å²) in [5.74, 6) is 0.626. The molecule has 2 aromatic carbocycles. The highest BCUT2D eigenvalue weighted by molar-refractivity contribution is 6.30. The van der Waals surface area contributed by atoms with E-state index in [9.17, 15) is 4.79 Å². The number of benzene rings is 2. The maximum absolute atomic E-state index is 11.8. The molecule has 0 aliphatic rings. The van der Waals surface area contributed by atoms with Gasteiger partial charge in [-0.1, -0.05) is 17.7 Å². The molecule has 2 amide bonds. The fourth-order valence-electron chi connectivity index (χ4n) is 2.09. The van der Waals surface area contributed by atoms with Crippen LogP contribution < -0.4 is 10.6 Å². The van der Waals surface area contributed by atoms with Crippen LogP contribution in [0.4, 0.5) is 10.5 Å². The Morgan fingerprint density at radius 2 is 2.00 bits per heavy atom. The summed E-state index contributed by atoms with van der Waals surface area (Å²) in [7, 11) is 0. The number of anilines is 1. The highest BCUT2D eigenvalue weighted by Gasteiger charge is 2.05. The maximum Gasteiger partial charge on any atom is 0.319 e. The first kappa shape index (κ1) is 14.4. The van der Waals surface area contributed by atoms with E-state index >= 15 is 0 Å². The van der Waals surface area contributed by atoms with Crippen molar-refractivity contribution in [2.75, 3.05) is 5.32 Å². The van der Waals surface area contributed by atoms with Crippen LogP contribution in [0.15, 0.2) is 46.9 Å². The number of oxazole rings is 1. The third-order valence-corrected chi connectivity index (χ3v) is 3.37. The summed E-state index contributed by atoms with van der Waals surface area (Å²) in [6, 6.07) is 12.3. The Bertz CT molecular complexity index is 812. The van der Waals surface area contributed by atoms with Crippen LogP contribution in [0.25, 0.3) is 11.1 Å². The Balaban J connectivity index is 1.60. The smallest absolute Gasteiger partial charge is 0.319 e. The number of aryl methyl sites for hydroxylation is 1. The monoisotopic (exact) mass is 315 g/mol. The summed E-state index contributed by atoms with van der Waals surface area (Å²) in [5, 5.41) is 6.16. The predicted octanol–water partition coefficient (Wildman–Crippen LogP) is 4.11. The van der Waals surface area contributed by atoms with E-state index in [1.807, 2.05) is 18.2 Å². The molecule has 0 aliphatic carbocycles. The topological polar surface area (TPSA) is 67.2 Å². The second-order valence-electron chi connectivity index (χ2n) is 4.85. The van der Waals surface area contributed by atoms with Crippen LogP contribution >= 0.6 is 11.6 Å². The zero-order valence-corrected chi connectivity index (χ0v) is 12.6. The van der Waals surface area contributed by atoms with E-state index in [4.69, 9.17) is 16.0 Å². The number of nitrogens with zero attached hydrogens (tertiary/aromatic N) is 1. The summed E-state index contributed by atoms with van der Waals surface area (Å²) in [4.78, 5) is 16.1. The number of urea groups is 1. The minimum atomic E-state index is -0.279. The minimum absolute atomic E-state index is 0.279.